The fourth-order valence-electron chi connectivity index (χ4n) is 7.54. The minimum absolute atomic E-state index is 0.0350. The quantitative estimate of drug-likeness (QED) is 0.480. The van der Waals surface area contributed by atoms with Crippen molar-refractivity contribution in [2.75, 3.05) is 64.2 Å². The fourth-order valence-corrected chi connectivity index (χ4v) is 7.65. The van der Waals surface area contributed by atoms with E-state index < -0.39 is 12.2 Å². The maximum atomic E-state index is 14.0. The Kier molecular flexibility index (Phi) is 10.4. The predicted octanol–water partition coefficient (Wildman–Crippen LogP) is 4.46. The summed E-state index contributed by atoms with van der Waals surface area (Å²) in [5.41, 5.74) is 4.80. The smallest absolute Gasteiger partial charge is 0.410 e. The van der Waals surface area contributed by atoms with Gasteiger partial charge in [-0.3, -0.25) is 9.69 Å². The van der Waals surface area contributed by atoms with E-state index >= 15 is 0 Å². The molecule has 10 nitrogen and oxygen atoms in total. The molecule has 4 aliphatic rings. The Balaban J connectivity index is 1.09. The Bertz CT molecular complexity index is 1390. The van der Waals surface area contributed by atoms with E-state index in [1.807, 2.05) is 54.0 Å². The number of carbonyl (C=O) groups excluding carboxylic acids is 3. The van der Waals surface area contributed by atoms with E-state index in [1.54, 1.807) is 4.90 Å². The molecule has 0 unspecified atom stereocenters. The van der Waals surface area contributed by atoms with Crippen LogP contribution in [0.25, 0.3) is 0 Å². The average molecular weight is 651 g/mol. The van der Waals surface area contributed by atoms with Gasteiger partial charge in [0.2, 0.25) is 0 Å². The summed E-state index contributed by atoms with van der Waals surface area (Å²) < 4.78 is 6.08. The van der Waals surface area contributed by atoms with Crippen LogP contribution in [0.2, 0.25) is 5.02 Å². The number of piperazine rings is 1. The van der Waals surface area contributed by atoms with Gasteiger partial charge in [-0.25, -0.2) is 9.59 Å². The number of hydrogen-bond acceptors (Lipinski definition) is 6. The number of carbonyl (C=O) groups is 3. The number of likely N-dealkylation sites (tertiary alicyclic amines) is 2. The molecule has 4 heterocycles. The number of para-hydroxylation sites is 1. The standard InChI is InChI=1S/C35H47ClN6O4/c1-24-21-26(22-25(2)32(24)36)23-31(33(43)40-14-8-28(9-15-40)39-19-12-37-13-20-39)46-35(45)41-16-10-29(11-17-41)42-18-7-27-5-3-4-6-30(27)38-34(42)44/h3-6,21-22,28-29,31,37H,7-20,23H2,1-2H3,(H,38,44)/t31-/m1/s1. The molecule has 2 N–H and O–H groups in total. The molecule has 248 valence electrons. The molecule has 0 saturated carbocycles. The Morgan fingerprint density at radius 1 is 0.891 bits per heavy atom. The molecule has 11 heteroatoms. The summed E-state index contributed by atoms with van der Waals surface area (Å²) in [6.45, 7) is 10.9. The number of fused-ring (bicyclic) bond motifs is 1. The molecule has 0 aromatic heterocycles. The molecule has 1 atom stereocenters. The molecule has 6 rings (SSSR count). The van der Waals surface area contributed by atoms with Gasteiger partial charge in [-0.15, -0.1) is 0 Å². The van der Waals surface area contributed by atoms with Crippen molar-refractivity contribution < 1.29 is 19.1 Å². The van der Waals surface area contributed by atoms with E-state index in [9.17, 15) is 14.4 Å². The number of hydrogen-bond donors (Lipinski definition) is 2. The lowest BCUT2D eigenvalue weighted by Gasteiger charge is -2.41. The van der Waals surface area contributed by atoms with Gasteiger partial charge in [-0.2, -0.15) is 0 Å². The molecule has 4 aliphatic heterocycles. The molecule has 0 aliphatic carbocycles. The molecule has 0 spiro atoms. The highest BCUT2D eigenvalue weighted by molar-refractivity contribution is 6.32. The number of nitrogens with zero attached hydrogens (tertiary/aromatic N) is 4. The third-order valence-corrected chi connectivity index (χ3v) is 10.8. The Morgan fingerprint density at radius 3 is 2.22 bits per heavy atom. The van der Waals surface area contributed by atoms with Crippen molar-refractivity contribution in [1.29, 1.82) is 0 Å². The van der Waals surface area contributed by atoms with Crippen LogP contribution in [0.1, 0.15) is 47.9 Å². The van der Waals surface area contributed by atoms with Crippen molar-refractivity contribution in [3.05, 3.63) is 63.7 Å². The number of piperidine rings is 2. The molecular formula is C35H47ClN6O4. The highest BCUT2D eigenvalue weighted by Gasteiger charge is 2.36. The summed E-state index contributed by atoms with van der Waals surface area (Å²) in [6.07, 6.45) is 2.86. The number of benzene rings is 2. The van der Waals surface area contributed by atoms with Crippen LogP contribution in [0.3, 0.4) is 0 Å². The average Bonchev–Trinajstić information content (AvgIpc) is 3.25. The zero-order valence-corrected chi connectivity index (χ0v) is 27.9. The fraction of sp³-hybridized carbons (Fsp3) is 0.571. The van der Waals surface area contributed by atoms with E-state index in [1.165, 1.54) is 0 Å². The van der Waals surface area contributed by atoms with Crippen LogP contribution >= 0.6 is 11.6 Å². The second kappa shape index (κ2) is 14.6. The first-order valence-electron chi connectivity index (χ1n) is 16.9. The van der Waals surface area contributed by atoms with Crippen LogP contribution in [0.4, 0.5) is 15.3 Å². The normalized spacial score (nSPS) is 20.9. The van der Waals surface area contributed by atoms with Crippen molar-refractivity contribution in [2.45, 2.75) is 70.6 Å². The number of anilines is 1. The minimum Gasteiger partial charge on any atom is -0.436 e. The van der Waals surface area contributed by atoms with Crippen LogP contribution in [0.5, 0.6) is 0 Å². The summed E-state index contributed by atoms with van der Waals surface area (Å²) in [6, 6.07) is 12.3. The molecule has 46 heavy (non-hydrogen) atoms. The maximum Gasteiger partial charge on any atom is 0.410 e. The second-order valence-corrected chi connectivity index (χ2v) is 13.6. The zero-order chi connectivity index (χ0) is 32.2. The number of ether oxygens (including phenoxy) is 1. The van der Waals surface area contributed by atoms with Crippen molar-refractivity contribution in [3.8, 4) is 0 Å². The van der Waals surface area contributed by atoms with Gasteiger partial charge in [-0.1, -0.05) is 41.9 Å². The number of rotatable bonds is 6. The van der Waals surface area contributed by atoms with Crippen molar-refractivity contribution in [2.24, 2.45) is 0 Å². The van der Waals surface area contributed by atoms with Gasteiger partial charge in [0.15, 0.2) is 6.10 Å². The van der Waals surface area contributed by atoms with Gasteiger partial charge in [-0.05, 0) is 74.3 Å². The van der Waals surface area contributed by atoms with Gasteiger partial charge in [0.25, 0.3) is 5.91 Å². The molecule has 4 amide bonds. The first kappa shape index (κ1) is 32.6. The summed E-state index contributed by atoms with van der Waals surface area (Å²) in [5, 5.41) is 7.18. The Morgan fingerprint density at radius 2 is 1.52 bits per heavy atom. The summed E-state index contributed by atoms with van der Waals surface area (Å²) in [4.78, 5) is 48.7. The van der Waals surface area contributed by atoms with E-state index in [-0.39, 0.29) is 18.0 Å². The predicted molar refractivity (Wildman–Crippen MR) is 179 cm³/mol. The molecule has 2 aromatic rings. The molecular weight excluding hydrogens is 604 g/mol. The van der Waals surface area contributed by atoms with Crippen LogP contribution in [0, 0.1) is 13.8 Å². The molecule has 2 aromatic carbocycles. The van der Waals surface area contributed by atoms with Crippen LogP contribution in [-0.4, -0.2) is 115 Å². The van der Waals surface area contributed by atoms with E-state index in [0.717, 1.165) is 73.4 Å². The van der Waals surface area contributed by atoms with E-state index in [2.05, 4.69) is 21.6 Å². The Labute approximate surface area is 277 Å². The summed E-state index contributed by atoms with van der Waals surface area (Å²) >= 11 is 6.44. The first-order valence-corrected chi connectivity index (χ1v) is 17.2. The van der Waals surface area contributed by atoms with Gasteiger partial charge in [0.1, 0.15) is 0 Å². The van der Waals surface area contributed by atoms with Crippen molar-refractivity contribution in [3.63, 3.8) is 0 Å². The van der Waals surface area contributed by atoms with E-state index in [4.69, 9.17) is 16.3 Å². The van der Waals surface area contributed by atoms with Crippen LogP contribution in [-0.2, 0) is 22.4 Å². The molecule has 3 saturated heterocycles. The van der Waals surface area contributed by atoms with Gasteiger partial charge >= 0.3 is 12.1 Å². The SMILES string of the molecule is Cc1cc(C[C@@H](OC(=O)N2CCC(N3CCc4ccccc4NC3=O)CC2)C(=O)N2CCC(N3CCNCC3)CC2)cc(C)c1Cl. The lowest BCUT2D eigenvalue weighted by molar-refractivity contribution is -0.142. The van der Waals surface area contributed by atoms with Crippen LogP contribution < -0.4 is 10.6 Å². The van der Waals surface area contributed by atoms with Gasteiger partial charge < -0.3 is 30.1 Å². The number of amides is 4. The molecule has 3 fully saturated rings. The number of nitrogens with one attached hydrogen (secondary N) is 2. The third-order valence-electron chi connectivity index (χ3n) is 10.2. The van der Waals surface area contributed by atoms with Crippen molar-refractivity contribution in [1.82, 2.24) is 24.9 Å². The lowest BCUT2D eigenvalue weighted by atomic mass is 9.99. The molecule has 0 bridgehead atoms. The summed E-state index contributed by atoms with van der Waals surface area (Å²) in [5.74, 6) is -0.131. The Hall–Kier alpha value is -3.34. The highest BCUT2D eigenvalue weighted by Crippen LogP contribution is 2.27. The van der Waals surface area contributed by atoms with Crippen LogP contribution in [0.15, 0.2) is 36.4 Å². The monoisotopic (exact) mass is 650 g/mol. The zero-order valence-electron chi connectivity index (χ0n) is 27.1. The number of aryl methyl sites for hydroxylation is 2. The lowest BCUT2D eigenvalue weighted by Crippen LogP contribution is -2.54. The largest absolute Gasteiger partial charge is 0.436 e. The second-order valence-electron chi connectivity index (χ2n) is 13.2. The topological polar surface area (TPSA) is 97.5 Å². The van der Waals surface area contributed by atoms with Crippen molar-refractivity contribution >= 4 is 35.3 Å². The third kappa shape index (κ3) is 7.45. The van der Waals surface area contributed by atoms with Gasteiger partial charge in [0, 0.05) is 88.1 Å². The number of halogens is 1. The minimum atomic E-state index is -0.921. The maximum absolute atomic E-state index is 14.0. The highest BCUT2D eigenvalue weighted by atomic mass is 35.5. The van der Waals surface area contributed by atoms with Gasteiger partial charge in [0.05, 0.1) is 0 Å². The molecule has 0 radical (unpaired) electrons. The number of urea groups is 1. The first-order chi connectivity index (χ1) is 22.3. The van der Waals surface area contributed by atoms with E-state index in [0.29, 0.717) is 63.1 Å². The summed E-state index contributed by atoms with van der Waals surface area (Å²) in [7, 11) is 0.